The summed E-state index contributed by atoms with van der Waals surface area (Å²) in [6.45, 7) is 3.93. The molecule has 6 nitrogen and oxygen atoms in total. The van der Waals surface area contributed by atoms with Crippen molar-refractivity contribution in [3.05, 3.63) is 64.7 Å². The molecule has 3 atom stereocenters. The highest BCUT2D eigenvalue weighted by molar-refractivity contribution is 6.02. The third-order valence-corrected chi connectivity index (χ3v) is 6.58. The molecule has 2 N–H and O–H groups in total. The van der Waals surface area contributed by atoms with Crippen molar-refractivity contribution in [3.63, 3.8) is 0 Å². The van der Waals surface area contributed by atoms with E-state index < -0.39 is 5.41 Å². The van der Waals surface area contributed by atoms with Gasteiger partial charge >= 0.3 is 0 Å². The largest absolute Gasteiger partial charge is 0.491 e. The second-order valence-corrected chi connectivity index (χ2v) is 8.33. The van der Waals surface area contributed by atoms with Crippen molar-refractivity contribution in [3.8, 4) is 5.75 Å². The molecule has 0 aromatic heterocycles. The third kappa shape index (κ3) is 2.82. The second kappa shape index (κ2) is 6.59. The predicted molar refractivity (Wildman–Crippen MR) is 107 cm³/mol. The van der Waals surface area contributed by atoms with Crippen LogP contribution in [0.2, 0.25) is 0 Å². The molecular weight excluding hydrogens is 368 g/mol. The average Bonchev–Trinajstić information content (AvgIpc) is 3.09. The van der Waals surface area contributed by atoms with Crippen LogP contribution in [0.25, 0.3) is 0 Å². The summed E-state index contributed by atoms with van der Waals surface area (Å²) in [7, 11) is 1.58. The molecule has 1 saturated heterocycles. The summed E-state index contributed by atoms with van der Waals surface area (Å²) >= 11 is 0. The number of hydrogen-bond acceptors (Lipinski definition) is 4. The zero-order valence-electron chi connectivity index (χ0n) is 16.5. The van der Waals surface area contributed by atoms with Crippen LogP contribution in [0.3, 0.4) is 0 Å². The first-order valence-corrected chi connectivity index (χ1v) is 10.0. The van der Waals surface area contributed by atoms with Crippen LogP contribution in [-0.2, 0) is 10.2 Å². The number of fused-ring (bicyclic) bond motifs is 2. The first-order chi connectivity index (χ1) is 14.0. The van der Waals surface area contributed by atoms with Crippen molar-refractivity contribution in [2.24, 2.45) is 11.8 Å². The van der Waals surface area contributed by atoms with Crippen molar-refractivity contribution >= 4 is 11.8 Å². The predicted octanol–water partition coefficient (Wildman–Crippen LogP) is 2.12. The van der Waals surface area contributed by atoms with E-state index in [2.05, 4.69) is 29.7 Å². The van der Waals surface area contributed by atoms with Crippen LogP contribution in [0.5, 0.6) is 5.75 Å². The fourth-order valence-electron chi connectivity index (χ4n) is 4.66. The highest BCUT2D eigenvalue weighted by atomic mass is 16.5. The van der Waals surface area contributed by atoms with Crippen molar-refractivity contribution < 1.29 is 19.1 Å². The Morgan fingerprint density at radius 3 is 2.48 bits per heavy atom. The van der Waals surface area contributed by atoms with Crippen molar-refractivity contribution in [1.29, 1.82) is 0 Å². The smallest absolute Gasteiger partial charge is 0.254 e. The Hall–Kier alpha value is -2.86. The van der Waals surface area contributed by atoms with Crippen LogP contribution in [0.1, 0.15) is 38.8 Å². The lowest BCUT2D eigenvalue weighted by molar-refractivity contribution is 0.0929. The highest BCUT2D eigenvalue weighted by Crippen LogP contribution is 2.46. The molecule has 2 fully saturated rings. The minimum absolute atomic E-state index is 0.153. The minimum Gasteiger partial charge on any atom is -0.491 e. The van der Waals surface area contributed by atoms with Crippen LogP contribution in [-0.4, -0.2) is 44.7 Å². The number of carbonyl (C=O) groups is 2. The molecule has 2 aliphatic heterocycles. The number of ether oxygens (including phenoxy) is 2. The monoisotopic (exact) mass is 392 g/mol. The lowest BCUT2D eigenvalue weighted by Crippen LogP contribution is -2.31. The van der Waals surface area contributed by atoms with E-state index in [0.29, 0.717) is 48.5 Å². The summed E-state index contributed by atoms with van der Waals surface area (Å²) in [5.74, 6) is 0.989. The number of benzene rings is 2. The molecule has 6 heteroatoms. The quantitative estimate of drug-likeness (QED) is 0.836. The van der Waals surface area contributed by atoms with E-state index in [1.54, 1.807) is 13.1 Å². The zero-order valence-corrected chi connectivity index (χ0v) is 16.5. The Balaban J connectivity index is 1.54. The number of carbonyl (C=O) groups excluding carboxylic acids is 2. The van der Waals surface area contributed by atoms with Crippen LogP contribution in [0, 0.1) is 11.8 Å². The Morgan fingerprint density at radius 1 is 1.07 bits per heavy atom. The Kier molecular flexibility index (Phi) is 4.13. The molecule has 0 radical (unpaired) electrons. The van der Waals surface area contributed by atoms with Crippen molar-refractivity contribution in [2.45, 2.75) is 18.4 Å². The van der Waals surface area contributed by atoms with E-state index >= 15 is 0 Å². The van der Waals surface area contributed by atoms with E-state index in [4.69, 9.17) is 9.47 Å². The first kappa shape index (κ1) is 18.2. The summed E-state index contributed by atoms with van der Waals surface area (Å²) < 4.78 is 11.4. The van der Waals surface area contributed by atoms with Gasteiger partial charge in [0.15, 0.2) is 0 Å². The second-order valence-electron chi connectivity index (χ2n) is 8.33. The standard InChI is InChI=1S/C23H24N2O4/c1-23(14-6-4-3-5-7-14)12-29-20-15(22(27)24-2)8-13(9-18(20)23)21(26)25-19-16-10-28-11-17(16)19/h3-9,16-17,19H,10-12H2,1-2H3,(H,24,27)(H,25,26). The van der Waals surface area contributed by atoms with Gasteiger partial charge in [-0.15, -0.1) is 0 Å². The third-order valence-electron chi connectivity index (χ3n) is 6.58. The van der Waals surface area contributed by atoms with Gasteiger partial charge in [0.2, 0.25) is 0 Å². The Morgan fingerprint density at radius 2 is 1.79 bits per heavy atom. The lowest BCUT2D eigenvalue weighted by Gasteiger charge is -2.24. The summed E-state index contributed by atoms with van der Waals surface area (Å²) in [5, 5.41) is 5.79. The summed E-state index contributed by atoms with van der Waals surface area (Å²) in [4.78, 5) is 25.6. The van der Waals surface area contributed by atoms with Crippen LogP contribution in [0.15, 0.2) is 42.5 Å². The van der Waals surface area contributed by atoms with Gasteiger partial charge in [-0.1, -0.05) is 30.3 Å². The molecule has 150 valence electrons. The lowest BCUT2D eigenvalue weighted by atomic mass is 9.77. The molecule has 3 aliphatic rings. The summed E-state index contributed by atoms with van der Waals surface area (Å²) in [6, 6.07) is 13.7. The molecule has 29 heavy (non-hydrogen) atoms. The molecule has 0 spiro atoms. The number of hydrogen-bond donors (Lipinski definition) is 2. The number of rotatable bonds is 4. The fourth-order valence-corrected chi connectivity index (χ4v) is 4.66. The van der Waals surface area contributed by atoms with Gasteiger partial charge in [0.1, 0.15) is 12.4 Å². The van der Waals surface area contributed by atoms with Gasteiger partial charge in [0.25, 0.3) is 11.8 Å². The van der Waals surface area contributed by atoms with E-state index in [9.17, 15) is 9.59 Å². The Bertz CT molecular complexity index is 980. The summed E-state index contributed by atoms with van der Waals surface area (Å²) in [5.41, 5.74) is 2.41. The molecule has 1 aliphatic carbocycles. The molecular formula is C23H24N2O4. The maximum atomic E-state index is 13.0. The van der Waals surface area contributed by atoms with Crippen molar-refractivity contribution in [2.75, 3.05) is 26.9 Å². The summed E-state index contributed by atoms with van der Waals surface area (Å²) in [6.07, 6.45) is 0. The molecule has 5 rings (SSSR count). The van der Waals surface area contributed by atoms with E-state index in [-0.39, 0.29) is 17.9 Å². The molecule has 2 amide bonds. The van der Waals surface area contributed by atoms with Crippen LogP contribution < -0.4 is 15.4 Å². The average molecular weight is 392 g/mol. The maximum Gasteiger partial charge on any atom is 0.254 e. The topological polar surface area (TPSA) is 76.7 Å². The SMILES string of the molecule is CNC(=O)c1cc(C(=O)NC2C3COCC32)cc2c1OCC2(C)c1ccccc1. The van der Waals surface area contributed by atoms with Gasteiger partial charge < -0.3 is 20.1 Å². The first-order valence-electron chi connectivity index (χ1n) is 10.0. The van der Waals surface area contributed by atoms with E-state index in [1.807, 2.05) is 24.3 Å². The van der Waals surface area contributed by atoms with Gasteiger partial charge in [-0.05, 0) is 24.6 Å². The normalized spacial score (nSPS) is 28.8. The Labute approximate surface area is 169 Å². The fraction of sp³-hybridized carbons (Fsp3) is 0.391. The van der Waals surface area contributed by atoms with Gasteiger partial charge in [-0.3, -0.25) is 9.59 Å². The molecule has 2 aromatic carbocycles. The number of nitrogens with one attached hydrogen (secondary N) is 2. The highest BCUT2D eigenvalue weighted by Gasteiger charge is 2.55. The molecule has 2 heterocycles. The van der Waals surface area contributed by atoms with Gasteiger partial charge in [-0.2, -0.15) is 0 Å². The zero-order chi connectivity index (χ0) is 20.2. The van der Waals surface area contributed by atoms with E-state index in [1.165, 1.54) is 0 Å². The van der Waals surface area contributed by atoms with Gasteiger partial charge in [0, 0.05) is 36.1 Å². The molecule has 1 saturated carbocycles. The van der Waals surface area contributed by atoms with Crippen molar-refractivity contribution in [1.82, 2.24) is 10.6 Å². The van der Waals surface area contributed by atoms with Gasteiger partial charge in [-0.25, -0.2) is 0 Å². The molecule has 0 bridgehead atoms. The maximum absolute atomic E-state index is 13.0. The minimum atomic E-state index is -0.431. The molecule has 2 aromatic rings. The number of amides is 2. The van der Waals surface area contributed by atoms with Crippen LogP contribution >= 0.6 is 0 Å². The molecule has 3 unspecified atom stereocenters. The van der Waals surface area contributed by atoms with Crippen LogP contribution in [0.4, 0.5) is 0 Å². The van der Waals surface area contributed by atoms with E-state index in [0.717, 1.165) is 11.1 Å². The van der Waals surface area contributed by atoms with Gasteiger partial charge in [0.05, 0.1) is 24.2 Å².